The van der Waals surface area contributed by atoms with Crippen LogP contribution in [-0.4, -0.2) is 0 Å². The fourth-order valence-corrected chi connectivity index (χ4v) is 2.13. The third-order valence-electron chi connectivity index (χ3n) is 2.97. The van der Waals surface area contributed by atoms with Gasteiger partial charge in [0.1, 0.15) is 0 Å². The molecule has 0 fully saturated rings. The third kappa shape index (κ3) is 1.69. The molecule has 0 saturated heterocycles. The zero-order valence-corrected chi connectivity index (χ0v) is 8.43. The van der Waals surface area contributed by atoms with Crippen LogP contribution in [0.25, 0.3) is 0 Å². The first-order chi connectivity index (χ1) is 6.07. The van der Waals surface area contributed by atoms with Crippen LogP contribution in [0, 0.1) is 5.41 Å². The van der Waals surface area contributed by atoms with Crippen molar-refractivity contribution >= 4 is 5.69 Å². The highest BCUT2D eigenvalue weighted by atomic mass is 14.5. The van der Waals surface area contributed by atoms with E-state index in [1.807, 2.05) is 6.07 Å². The van der Waals surface area contributed by atoms with Crippen LogP contribution in [0.1, 0.15) is 31.4 Å². The van der Waals surface area contributed by atoms with Crippen LogP contribution in [-0.2, 0) is 12.8 Å². The summed E-state index contributed by atoms with van der Waals surface area (Å²) in [6.07, 6.45) is 3.67. The summed E-state index contributed by atoms with van der Waals surface area (Å²) in [5.41, 5.74) is 10.1. The molecule has 0 unspecified atom stereocenters. The Hall–Kier alpha value is -0.980. The van der Waals surface area contributed by atoms with Crippen molar-refractivity contribution in [1.82, 2.24) is 0 Å². The fourth-order valence-electron chi connectivity index (χ4n) is 2.13. The molecule has 70 valence electrons. The molecule has 0 aromatic heterocycles. The average Bonchev–Trinajstić information content (AvgIpc) is 2.05. The van der Waals surface area contributed by atoms with Gasteiger partial charge in [-0.15, -0.1) is 0 Å². The van der Waals surface area contributed by atoms with Crippen molar-refractivity contribution in [2.24, 2.45) is 5.41 Å². The molecule has 1 aliphatic carbocycles. The number of anilines is 1. The second-order valence-electron chi connectivity index (χ2n) is 4.87. The minimum atomic E-state index is 0.475. The maximum Gasteiger partial charge on any atom is 0.0316 e. The SMILES string of the molecule is CC1(C)CCc2cc(N)ccc2C1. The van der Waals surface area contributed by atoms with E-state index in [1.165, 1.54) is 30.4 Å². The largest absolute Gasteiger partial charge is 0.399 e. The average molecular weight is 175 g/mol. The van der Waals surface area contributed by atoms with Crippen molar-refractivity contribution in [3.8, 4) is 0 Å². The molecule has 0 heterocycles. The van der Waals surface area contributed by atoms with E-state index in [0.717, 1.165) is 5.69 Å². The fraction of sp³-hybridized carbons (Fsp3) is 0.500. The van der Waals surface area contributed by atoms with Gasteiger partial charge in [-0.1, -0.05) is 19.9 Å². The topological polar surface area (TPSA) is 26.0 Å². The van der Waals surface area contributed by atoms with Gasteiger partial charge >= 0.3 is 0 Å². The number of nitrogens with two attached hydrogens (primary N) is 1. The van der Waals surface area contributed by atoms with Crippen molar-refractivity contribution in [3.63, 3.8) is 0 Å². The number of hydrogen-bond donors (Lipinski definition) is 1. The number of aryl methyl sites for hydroxylation is 1. The Morgan fingerprint density at radius 3 is 2.77 bits per heavy atom. The van der Waals surface area contributed by atoms with Crippen LogP contribution in [0.5, 0.6) is 0 Å². The first-order valence-corrected chi connectivity index (χ1v) is 4.94. The molecule has 0 amide bonds. The molecule has 0 atom stereocenters. The molecule has 1 heteroatoms. The van der Waals surface area contributed by atoms with Crippen LogP contribution < -0.4 is 5.73 Å². The minimum absolute atomic E-state index is 0.475. The molecule has 13 heavy (non-hydrogen) atoms. The first kappa shape index (κ1) is 8.61. The highest BCUT2D eigenvalue weighted by molar-refractivity contribution is 5.46. The summed E-state index contributed by atoms with van der Waals surface area (Å²) < 4.78 is 0. The zero-order valence-electron chi connectivity index (χ0n) is 8.43. The quantitative estimate of drug-likeness (QED) is 0.603. The van der Waals surface area contributed by atoms with Crippen molar-refractivity contribution in [2.75, 3.05) is 5.73 Å². The third-order valence-corrected chi connectivity index (χ3v) is 2.97. The van der Waals surface area contributed by atoms with Gasteiger partial charge in [0.25, 0.3) is 0 Å². The van der Waals surface area contributed by atoms with E-state index in [-0.39, 0.29) is 0 Å². The molecule has 1 aliphatic rings. The molecular formula is C12H17N. The first-order valence-electron chi connectivity index (χ1n) is 4.94. The van der Waals surface area contributed by atoms with Gasteiger partial charge in [0.2, 0.25) is 0 Å². The maximum absolute atomic E-state index is 5.75. The van der Waals surface area contributed by atoms with Gasteiger partial charge in [-0.3, -0.25) is 0 Å². The van der Waals surface area contributed by atoms with Gasteiger partial charge in [-0.25, -0.2) is 0 Å². The van der Waals surface area contributed by atoms with Crippen molar-refractivity contribution in [1.29, 1.82) is 0 Å². The van der Waals surface area contributed by atoms with E-state index in [9.17, 15) is 0 Å². The van der Waals surface area contributed by atoms with E-state index in [2.05, 4.69) is 26.0 Å². The Morgan fingerprint density at radius 2 is 2.00 bits per heavy atom. The number of rotatable bonds is 0. The lowest BCUT2D eigenvalue weighted by molar-refractivity contribution is 0.315. The smallest absolute Gasteiger partial charge is 0.0316 e. The Bertz CT molecular complexity index is 326. The molecular weight excluding hydrogens is 158 g/mol. The second-order valence-corrected chi connectivity index (χ2v) is 4.87. The zero-order chi connectivity index (χ0) is 9.47. The Kier molecular flexibility index (Phi) is 1.83. The summed E-state index contributed by atoms with van der Waals surface area (Å²) in [6, 6.07) is 6.33. The number of hydrogen-bond acceptors (Lipinski definition) is 1. The lowest BCUT2D eigenvalue weighted by Crippen LogP contribution is -2.22. The van der Waals surface area contributed by atoms with E-state index < -0.39 is 0 Å². The Balaban J connectivity index is 2.37. The van der Waals surface area contributed by atoms with E-state index in [1.54, 1.807) is 0 Å². The van der Waals surface area contributed by atoms with Crippen molar-refractivity contribution in [3.05, 3.63) is 29.3 Å². The number of nitrogen functional groups attached to an aromatic ring is 1. The maximum atomic E-state index is 5.75. The minimum Gasteiger partial charge on any atom is -0.399 e. The summed E-state index contributed by atoms with van der Waals surface area (Å²) in [4.78, 5) is 0. The molecule has 1 aromatic rings. The van der Waals surface area contributed by atoms with Crippen LogP contribution >= 0.6 is 0 Å². The van der Waals surface area contributed by atoms with Crippen molar-refractivity contribution < 1.29 is 0 Å². The van der Waals surface area contributed by atoms with Gasteiger partial charge < -0.3 is 5.73 Å². The normalized spacial score (nSPS) is 19.5. The molecule has 0 saturated carbocycles. The van der Waals surface area contributed by atoms with Crippen LogP contribution in [0.4, 0.5) is 5.69 Å². The molecule has 2 N–H and O–H groups in total. The van der Waals surface area contributed by atoms with Gasteiger partial charge in [0.05, 0.1) is 0 Å². The monoisotopic (exact) mass is 175 g/mol. The lowest BCUT2D eigenvalue weighted by Gasteiger charge is -2.31. The van der Waals surface area contributed by atoms with Crippen LogP contribution in [0.2, 0.25) is 0 Å². The number of fused-ring (bicyclic) bond motifs is 1. The van der Waals surface area contributed by atoms with Gasteiger partial charge in [-0.05, 0) is 47.9 Å². The summed E-state index contributed by atoms with van der Waals surface area (Å²) in [5, 5.41) is 0. The molecule has 0 aliphatic heterocycles. The standard InChI is InChI=1S/C12H17N/c1-12(2)6-5-9-7-11(13)4-3-10(9)8-12/h3-4,7H,5-6,8,13H2,1-2H3. The molecule has 1 aromatic carbocycles. The van der Waals surface area contributed by atoms with Gasteiger partial charge in [0, 0.05) is 5.69 Å². The van der Waals surface area contributed by atoms with Gasteiger partial charge in [-0.2, -0.15) is 0 Å². The summed E-state index contributed by atoms with van der Waals surface area (Å²) in [5.74, 6) is 0. The van der Waals surface area contributed by atoms with Gasteiger partial charge in [0.15, 0.2) is 0 Å². The second kappa shape index (κ2) is 2.76. The van der Waals surface area contributed by atoms with E-state index in [0.29, 0.717) is 5.41 Å². The molecule has 0 spiro atoms. The van der Waals surface area contributed by atoms with Crippen LogP contribution in [0.15, 0.2) is 18.2 Å². The highest BCUT2D eigenvalue weighted by Gasteiger charge is 2.24. The number of benzene rings is 1. The molecule has 2 rings (SSSR count). The highest BCUT2D eigenvalue weighted by Crippen LogP contribution is 2.35. The molecule has 1 nitrogen and oxygen atoms in total. The lowest BCUT2D eigenvalue weighted by atomic mass is 9.74. The summed E-state index contributed by atoms with van der Waals surface area (Å²) in [7, 11) is 0. The predicted molar refractivity (Wildman–Crippen MR) is 56.7 cm³/mol. The van der Waals surface area contributed by atoms with E-state index in [4.69, 9.17) is 5.73 Å². The Labute approximate surface area is 80.0 Å². The Morgan fingerprint density at radius 1 is 1.23 bits per heavy atom. The predicted octanol–water partition coefficient (Wildman–Crippen LogP) is 2.78. The molecule has 0 radical (unpaired) electrons. The van der Waals surface area contributed by atoms with Crippen LogP contribution in [0.3, 0.4) is 0 Å². The van der Waals surface area contributed by atoms with Crippen molar-refractivity contribution in [2.45, 2.75) is 33.1 Å². The molecule has 0 bridgehead atoms. The van der Waals surface area contributed by atoms with E-state index >= 15 is 0 Å². The summed E-state index contributed by atoms with van der Waals surface area (Å²) >= 11 is 0. The summed E-state index contributed by atoms with van der Waals surface area (Å²) in [6.45, 7) is 4.68.